The Morgan fingerprint density at radius 1 is 1.35 bits per heavy atom. The minimum Gasteiger partial charge on any atom is -0.490 e. The van der Waals surface area contributed by atoms with E-state index in [1.807, 2.05) is 19.2 Å². The van der Waals surface area contributed by atoms with Crippen LogP contribution in [0.25, 0.3) is 0 Å². The average molecular weight is 317 g/mol. The monoisotopic (exact) mass is 317 g/mol. The summed E-state index contributed by atoms with van der Waals surface area (Å²) in [6.07, 6.45) is 8.66. The Hall–Kier alpha value is -1.82. The molecule has 0 unspecified atom stereocenters. The molecule has 23 heavy (non-hydrogen) atoms. The van der Waals surface area contributed by atoms with Crippen LogP contribution in [0.4, 0.5) is 0 Å². The lowest BCUT2D eigenvalue weighted by Crippen LogP contribution is -2.49. The van der Waals surface area contributed by atoms with Crippen LogP contribution in [0.2, 0.25) is 0 Å². The summed E-state index contributed by atoms with van der Waals surface area (Å²) in [7, 11) is 1.82. The van der Waals surface area contributed by atoms with Gasteiger partial charge in [0.2, 0.25) is 0 Å². The third-order valence-corrected chi connectivity index (χ3v) is 4.45. The zero-order chi connectivity index (χ0) is 15.9. The zero-order valence-electron chi connectivity index (χ0n) is 13.9. The number of nitrogens with zero attached hydrogens (tertiary/aromatic N) is 3. The maximum Gasteiger partial charge on any atom is 0.191 e. The predicted molar refractivity (Wildman–Crippen MR) is 91.8 cm³/mol. The van der Waals surface area contributed by atoms with Gasteiger partial charge < -0.3 is 20.3 Å². The molecule has 3 rings (SSSR count). The highest BCUT2D eigenvalue weighted by Gasteiger charge is 2.31. The first-order chi connectivity index (χ1) is 11.3. The maximum atomic E-state index is 5.62. The number of likely N-dealkylation sites (tertiary alicyclic amines) is 1. The summed E-state index contributed by atoms with van der Waals surface area (Å²) in [5.41, 5.74) is 0. The van der Waals surface area contributed by atoms with Crippen molar-refractivity contribution in [3.8, 4) is 5.75 Å². The molecule has 126 valence electrons. The first-order valence-corrected chi connectivity index (χ1v) is 8.59. The number of rotatable bonds is 6. The SMILES string of the molecule is CN=C(NCCOc1cccnc1)NC1CCN(C2CC2)CC1. The lowest BCUT2D eigenvalue weighted by molar-refractivity contribution is 0.197. The van der Waals surface area contributed by atoms with Gasteiger partial charge in [-0.3, -0.25) is 9.98 Å². The number of pyridine rings is 1. The minimum atomic E-state index is 0.524. The van der Waals surface area contributed by atoms with Crippen LogP contribution >= 0.6 is 0 Å². The third kappa shape index (κ3) is 5.10. The second-order valence-electron chi connectivity index (χ2n) is 6.22. The summed E-state index contributed by atoms with van der Waals surface area (Å²) in [5, 5.41) is 6.84. The molecule has 0 atom stereocenters. The van der Waals surface area contributed by atoms with E-state index < -0.39 is 0 Å². The van der Waals surface area contributed by atoms with Crippen LogP contribution in [0, 0.1) is 0 Å². The van der Waals surface area contributed by atoms with Crippen molar-refractivity contribution in [2.75, 3.05) is 33.3 Å². The summed E-state index contributed by atoms with van der Waals surface area (Å²) >= 11 is 0. The van der Waals surface area contributed by atoms with Crippen LogP contribution in [0.5, 0.6) is 5.75 Å². The van der Waals surface area contributed by atoms with Crippen molar-refractivity contribution in [2.24, 2.45) is 4.99 Å². The van der Waals surface area contributed by atoms with Gasteiger partial charge in [0.15, 0.2) is 5.96 Å². The highest BCUT2D eigenvalue weighted by atomic mass is 16.5. The molecule has 0 aromatic carbocycles. The van der Waals surface area contributed by atoms with Crippen molar-refractivity contribution in [3.63, 3.8) is 0 Å². The van der Waals surface area contributed by atoms with Gasteiger partial charge >= 0.3 is 0 Å². The summed E-state index contributed by atoms with van der Waals surface area (Å²) in [6, 6.07) is 5.19. The molecule has 1 saturated heterocycles. The molecule has 2 fully saturated rings. The number of ether oxygens (including phenoxy) is 1. The van der Waals surface area contributed by atoms with Gasteiger partial charge in [-0.25, -0.2) is 0 Å². The molecule has 2 aliphatic rings. The highest BCUT2D eigenvalue weighted by molar-refractivity contribution is 5.79. The molecule has 0 bridgehead atoms. The van der Waals surface area contributed by atoms with E-state index in [1.165, 1.54) is 38.8 Å². The standard InChI is InChI=1S/C17H27N5O/c1-18-17(20-9-12-23-16-3-2-8-19-13-16)21-14-6-10-22(11-7-14)15-4-5-15/h2-3,8,13-15H,4-7,9-12H2,1H3,(H2,18,20,21). The molecule has 1 aliphatic carbocycles. The van der Waals surface area contributed by atoms with Gasteiger partial charge in [0, 0.05) is 38.4 Å². The van der Waals surface area contributed by atoms with Crippen molar-refractivity contribution in [1.29, 1.82) is 0 Å². The Kier molecular flexibility index (Phi) is 5.69. The lowest BCUT2D eigenvalue weighted by Gasteiger charge is -2.33. The zero-order valence-corrected chi connectivity index (χ0v) is 13.9. The topological polar surface area (TPSA) is 61.8 Å². The third-order valence-electron chi connectivity index (χ3n) is 4.45. The quantitative estimate of drug-likeness (QED) is 0.470. The van der Waals surface area contributed by atoms with Crippen LogP contribution in [-0.4, -0.2) is 61.2 Å². The van der Waals surface area contributed by atoms with Gasteiger partial charge in [0.1, 0.15) is 12.4 Å². The van der Waals surface area contributed by atoms with Gasteiger partial charge in [-0.15, -0.1) is 0 Å². The number of aromatic nitrogens is 1. The number of piperidine rings is 1. The smallest absolute Gasteiger partial charge is 0.191 e. The molecule has 1 aliphatic heterocycles. The summed E-state index contributed by atoms with van der Waals surface area (Å²) in [4.78, 5) is 11.0. The molecular weight excluding hydrogens is 290 g/mol. The molecule has 0 radical (unpaired) electrons. The van der Waals surface area contributed by atoms with E-state index in [2.05, 4.69) is 25.5 Å². The molecular formula is C17H27N5O. The number of hydrogen-bond donors (Lipinski definition) is 2. The van der Waals surface area contributed by atoms with Crippen molar-refractivity contribution in [3.05, 3.63) is 24.5 Å². The van der Waals surface area contributed by atoms with E-state index in [1.54, 1.807) is 12.4 Å². The maximum absolute atomic E-state index is 5.62. The van der Waals surface area contributed by atoms with E-state index in [0.29, 0.717) is 12.6 Å². The number of nitrogens with one attached hydrogen (secondary N) is 2. The van der Waals surface area contributed by atoms with E-state index >= 15 is 0 Å². The Balaban J connectivity index is 1.32. The Bertz CT molecular complexity index is 495. The number of guanidine groups is 1. The van der Waals surface area contributed by atoms with Gasteiger partial charge in [-0.2, -0.15) is 0 Å². The number of hydrogen-bond acceptors (Lipinski definition) is 4. The normalized spacial score (nSPS) is 20.3. The fourth-order valence-electron chi connectivity index (χ4n) is 3.01. The number of aliphatic imine (C=N–C) groups is 1. The molecule has 6 heteroatoms. The van der Waals surface area contributed by atoms with Crippen LogP contribution in [0.3, 0.4) is 0 Å². The van der Waals surface area contributed by atoms with E-state index in [9.17, 15) is 0 Å². The second-order valence-corrected chi connectivity index (χ2v) is 6.22. The van der Waals surface area contributed by atoms with E-state index in [0.717, 1.165) is 24.3 Å². The molecule has 6 nitrogen and oxygen atoms in total. The summed E-state index contributed by atoms with van der Waals surface area (Å²) in [6.45, 7) is 3.73. The van der Waals surface area contributed by atoms with Gasteiger partial charge in [0.05, 0.1) is 12.7 Å². The van der Waals surface area contributed by atoms with Gasteiger partial charge in [-0.1, -0.05) is 0 Å². The highest BCUT2D eigenvalue weighted by Crippen LogP contribution is 2.29. The van der Waals surface area contributed by atoms with Crippen molar-refractivity contribution in [1.82, 2.24) is 20.5 Å². The molecule has 2 N–H and O–H groups in total. The van der Waals surface area contributed by atoms with Crippen molar-refractivity contribution in [2.45, 2.75) is 37.8 Å². The van der Waals surface area contributed by atoms with Crippen LogP contribution in [0.15, 0.2) is 29.5 Å². The molecule has 1 aromatic heterocycles. The van der Waals surface area contributed by atoms with E-state index in [-0.39, 0.29) is 0 Å². The average Bonchev–Trinajstić information content (AvgIpc) is 3.44. The first-order valence-electron chi connectivity index (χ1n) is 8.59. The first kappa shape index (κ1) is 16.1. The Morgan fingerprint density at radius 2 is 2.17 bits per heavy atom. The van der Waals surface area contributed by atoms with Crippen LogP contribution in [0.1, 0.15) is 25.7 Å². The van der Waals surface area contributed by atoms with Crippen LogP contribution in [-0.2, 0) is 0 Å². The summed E-state index contributed by atoms with van der Waals surface area (Å²) in [5.74, 6) is 1.66. The van der Waals surface area contributed by atoms with Crippen LogP contribution < -0.4 is 15.4 Å². The second kappa shape index (κ2) is 8.15. The minimum absolute atomic E-state index is 0.524. The van der Waals surface area contributed by atoms with Crippen molar-refractivity contribution >= 4 is 5.96 Å². The fraction of sp³-hybridized carbons (Fsp3) is 0.647. The Morgan fingerprint density at radius 3 is 2.83 bits per heavy atom. The largest absolute Gasteiger partial charge is 0.490 e. The molecule has 1 saturated carbocycles. The van der Waals surface area contributed by atoms with E-state index in [4.69, 9.17) is 4.74 Å². The lowest BCUT2D eigenvalue weighted by atomic mass is 10.1. The molecule has 2 heterocycles. The van der Waals surface area contributed by atoms with Crippen molar-refractivity contribution < 1.29 is 4.74 Å². The fourth-order valence-corrected chi connectivity index (χ4v) is 3.01. The molecule has 0 amide bonds. The van der Waals surface area contributed by atoms with Gasteiger partial charge in [-0.05, 0) is 37.8 Å². The molecule has 0 spiro atoms. The summed E-state index contributed by atoms with van der Waals surface area (Å²) < 4.78 is 5.62. The van der Waals surface area contributed by atoms with Gasteiger partial charge in [0.25, 0.3) is 0 Å². The predicted octanol–water partition coefficient (Wildman–Crippen LogP) is 1.25. The molecule has 1 aromatic rings. The Labute approximate surface area is 138 Å².